The number of piperidine rings is 1. The number of nitrogens with one attached hydrogen (secondary N) is 1. The number of benzene rings is 1. The number of nitro groups is 1. The van der Waals surface area contributed by atoms with Crippen molar-refractivity contribution in [3.63, 3.8) is 0 Å². The molecular weight excluding hydrogens is 324 g/mol. The lowest BCUT2D eigenvalue weighted by atomic mass is 9.93. The summed E-state index contributed by atoms with van der Waals surface area (Å²) in [5, 5.41) is 14.6. The molecule has 1 aromatic rings. The Bertz CT molecular complexity index is 624. The molecule has 0 amide bonds. The summed E-state index contributed by atoms with van der Waals surface area (Å²) in [4.78, 5) is 21.8. The Hall–Kier alpha value is -2.41. The van der Waals surface area contributed by atoms with Gasteiger partial charge in [-0.25, -0.2) is 4.79 Å². The third kappa shape index (κ3) is 6.19. The van der Waals surface area contributed by atoms with Crippen LogP contribution in [-0.4, -0.2) is 37.7 Å². The van der Waals surface area contributed by atoms with Gasteiger partial charge in [-0.2, -0.15) is 0 Å². The van der Waals surface area contributed by atoms with Crippen LogP contribution in [0.15, 0.2) is 24.3 Å². The molecule has 0 bridgehead atoms. The molecule has 0 atom stereocenters. The summed E-state index contributed by atoms with van der Waals surface area (Å²) in [6.07, 6.45) is 8.46. The van der Waals surface area contributed by atoms with E-state index in [-0.39, 0.29) is 18.0 Å². The monoisotopic (exact) mass is 348 g/mol. The van der Waals surface area contributed by atoms with Crippen molar-refractivity contribution in [1.29, 1.82) is 0 Å². The fraction of sp³-hybridized carbons (Fsp3) is 0.500. The van der Waals surface area contributed by atoms with E-state index in [1.807, 2.05) is 6.08 Å². The quantitative estimate of drug-likeness (QED) is 0.441. The molecule has 7 heteroatoms. The molecule has 136 valence electrons. The van der Waals surface area contributed by atoms with E-state index in [4.69, 9.17) is 4.74 Å². The molecule has 0 saturated carbocycles. The smallest absolute Gasteiger partial charge is 0.343 e. The van der Waals surface area contributed by atoms with E-state index in [1.54, 1.807) is 6.07 Å². The number of allylic oxidation sites excluding steroid dienone is 1. The molecule has 0 aliphatic carbocycles. The van der Waals surface area contributed by atoms with Crippen molar-refractivity contribution in [3.8, 4) is 5.75 Å². The lowest BCUT2D eigenvalue weighted by Crippen LogP contribution is -2.27. The van der Waals surface area contributed by atoms with Gasteiger partial charge in [0.15, 0.2) is 12.4 Å². The average Bonchev–Trinajstić information content (AvgIpc) is 2.64. The van der Waals surface area contributed by atoms with Crippen LogP contribution in [-0.2, 0) is 9.53 Å². The normalized spacial score (nSPS) is 15.2. The van der Waals surface area contributed by atoms with Crippen LogP contribution in [0.4, 0.5) is 5.69 Å². The molecule has 1 aliphatic rings. The van der Waals surface area contributed by atoms with Crippen LogP contribution < -0.4 is 10.1 Å². The van der Waals surface area contributed by atoms with Gasteiger partial charge in [0.25, 0.3) is 0 Å². The zero-order valence-electron chi connectivity index (χ0n) is 14.4. The molecule has 0 spiro atoms. The number of ether oxygens (including phenoxy) is 2. The van der Waals surface area contributed by atoms with E-state index in [0.717, 1.165) is 37.4 Å². The maximum absolute atomic E-state index is 11.2. The largest absolute Gasteiger partial charge is 0.475 e. The van der Waals surface area contributed by atoms with Crippen LogP contribution in [0, 0.1) is 16.0 Å². The molecule has 1 N–H and O–H groups in total. The van der Waals surface area contributed by atoms with Gasteiger partial charge in [-0.05, 0) is 56.3 Å². The van der Waals surface area contributed by atoms with E-state index in [2.05, 4.69) is 16.1 Å². The number of carbonyl (C=O) groups is 1. The van der Waals surface area contributed by atoms with Crippen LogP contribution in [0.2, 0.25) is 0 Å². The van der Waals surface area contributed by atoms with Crippen molar-refractivity contribution in [3.05, 3.63) is 40.0 Å². The second-order valence-corrected chi connectivity index (χ2v) is 6.02. The summed E-state index contributed by atoms with van der Waals surface area (Å²) in [6.45, 7) is 1.82. The molecule has 0 aromatic heterocycles. The maximum atomic E-state index is 11.2. The highest BCUT2D eigenvalue weighted by atomic mass is 16.6. The Morgan fingerprint density at radius 3 is 2.84 bits per heavy atom. The van der Waals surface area contributed by atoms with Crippen molar-refractivity contribution < 1.29 is 19.2 Å². The highest BCUT2D eigenvalue weighted by Gasteiger charge is 2.17. The Morgan fingerprint density at radius 1 is 1.40 bits per heavy atom. The predicted molar refractivity (Wildman–Crippen MR) is 94.5 cm³/mol. The predicted octanol–water partition coefficient (Wildman–Crippen LogP) is 2.94. The fourth-order valence-electron chi connectivity index (χ4n) is 2.82. The van der Waals surface area contributed by atoms with E-state index in [1.165, 1.54) is 32.1 Å². The molecule has 1 saturated heterocycles. The number of esters is 1. The van der Waals surface area contributed by atoms with Crippen LogP contribution in [0.25, 0.3) is 6.08 Å². The number of methoxy groups -OCH3 is 1. The Kier molecular flexibility index (Phi) is 7.40. The summed E-state index contributed by atoms with van der Waals surface area (Å²) >= 11 is 0. The molecule has 0 radical (unpaired) electrons. The van der Waals surface area contributed by atoms with Crippen molar-refractivity contribution in [2.45, 2.75) is 25.7 Å². The zero-order chi connectivity index (χ0) is 18.1. The van der Waals surface area contributed by atoms with Crippen LogP contribution in [0.5, 0.6) is 5.75 Å². The molecule has 25 heavy (non-hydrogen) atoms. The van der Waals surface area contributed by atoms with E-state index >= 15 is 0 Å². The minimum absolute atomic E-state index is 0.0576. The number of nitrogens with zero attached hydrogens (tertiary/aromatic N) is 1. The summed E-state index contributed by atoms with van der Waals surface area (Å²) in [7, 11) is 1.23. The minimum Gasteiger partial charge on any atom is -0.475 e. The lowest BCUT2D eigenvalue weighted by Gasteiger charge is -2.21. The average molecular weight is 348 g/mol. The number of hydrogen-bond acceptors (Lipinski definition) is 6. The number of hydrogen-bond donors (Lipinski definition) is 1. The van der Waals surface area contributed by atoms with E-state index < -0.39 is 10.9 Å². The highest BCUT2D eigenvalue weighted by molar-refractivity contribution is 5.71. The third-order valence-electron chi connectivity index (χ3n) is 4.26. The molecule has 1 heterocycles. The SMILES string of the molecule is COC(=O)COc1ccc(/C=C\CCC2CCNCC2)cc1[N+](=O)[O-]. The summed E-state index contributed by atoms with van der Waals surface area (Å²) < 4.78 is 9.63. The zero-order valence-corrected chi connectivity index (χ0v) is 14.4. The van der Waals surface area contributed by atoms with E-state index in [0.29, 0.717) is 0 Å². The first-order valence-corrected chi connectivity index (χ1v) is 8.45. The van der Waals surface area contributed by atoms with Crippen molar-refractivity contribution in [2.24, 2.45) is 5.92 Å². The van der Waals surface area contributed by atoms with Crippen LogP contribution in [0.3, 0.4) is 0 Å². The molecular formula is C18H24N2O5. The molecule has 1 fully saturated rings. The molecule has 7 nitrogen and oxygen atoms in total. The van der Waals surface area contributed by atoms with Crippen molar-refractivity contribution in [1.82, 2.24) is 5.32 Å². The van der Waals surface area contributed by atoms with Gasteiger partial charge in [-0.3, -0.25) is 10.1 Å². The first kappa shape index (κ1) is 18.9. The molecule has 0 unspecified atom stereocenters. The summed E-state index contributed by atoms with van der Waals surface area (Å²) in [5.74, 6) is 0.229. The summed E-state index contributed by atoms with van der Waals surface area (Å²) in [6, 6.07) is 4.70. The second-order valence-electron chi connectivity index (χ2n) is 6.02. The van der Waals surface area contributed by atoms with Crippen LogP contribution >= 0.6 is 0 Å². The first-order chi connectivity index (χ1) is 12.1. The molecule has 2 rings (SSSR count). The Balaban J connectivity index is 1.93. The molecule has 1 aromatic carbocycles. The van der Waals surface area contributed by atoms with Gasteiger partial charge >= 0.3 is 11.7 Å². The minimum atomic E-state index is -0.587. The standard InChI is InChI=1S/C18H24N2O5/c1-24-18(21)13-25-17-7-6-15(12-16(17)20(22)23)5-3-2-4-14-8-10-19-11-9-14/h3,5-7,12,14,19H,2,4,8-11,13H2,1H3/b5-3-. The third-order valence-corrected chi connectivity index (χ3v) is 4.26. The number of carbonyl (C=O) groups excluding carboxylic acids is 1. The van der Waals surface area contributed by atoms with Crippen molar-refractivity contribution in [2.75, 3.05) is 26.8 Å². The number of rotatable bonds is 8. The number of nitro benzene ring substituents is 1. The fourth-order valence-corrected chi connectivity index (χ4v) is 2.82. The highest BCUT2D eigenvalue weighted by Crippen LogP contribution is 2.28. The Labute approximate surface area is 147 Å². The van der Waals surface area contributed by atoms with Gasteiger partial charge in [0.2, 0.25) is 0 Å². The van der Waals surface area contributed by atoms with Gasteiger partial charge in [0, 0.05) is 6.07 Å². The van der Waals surface area contributed by atoms with Gasteiger partial charge in [0.1, 0.15) is 0 Å². The van der Waals surface area contributed by atoms with E-state index in [9.17, 15) is 14.9 Å². The van der Waals surface area contributed by atoms with Gasteiger partial charge < -0.3 is 14.8 Å². The van der Waals surface area contributed by atoms with Crippen molar-refractivity contribution >= 4 is 17.7 Å². The maximum Gasteiger partial charge on any atom is 0.343 e. The van der Waals surface area contributed by atoms with Gasteiger partial charge in [-0.15, -0.1) is 0 Å². The molecule has 1 aliphatic heterocycles. The first-order valence-electron chi connectivity index (χ1n) is 8.45. The van der Waals surface area contributed by atoms with Gasteiger partial charge in [-0.1, -0.05) is 18.2 Å². The second kappa shape index (κ2) is 9.78. The Morgan fingerprint density at radius 2 is 2.16 bits per heavy atom. The summed E-state index contributed by atoms with van der Waals surface area (Å²) in [5.41, 5.74) is 0.576. The van der Waals surface area contributed by atoms with Gasteiger partial charge in [0.05, 0.1) is 12.0 Å². The van der Waals surface area contributed by atoms with Crippen LogP contribution in [0.1, 0.15) is 31.2 Å². The topological polar surface area (TPSA) is 90.7 Å². The lowest BCUT2D eigenvalue weighted by molar-refractivity contribution is -0.385.